The molecular weight excluding hydrogens is 312 g/mol. The molecule has 2 aromatic rings. The quantitative estimate of drug-likeness (QED) is 0.672. The maximum atomic E-state index is 12.2. The second kappa shape index (κ2) is 7.97. The lowest BCUT2D eigenvalue weighted by molar-refractivity contribution is -0.112. The number of carbonyl (C=O) groups excluding carboxylic acids is 2. The van der Waals surface area contributed by atoms with Crippen molar-refractivity contribution in [1.82, 2.24) is 0 Å². The summed E-state index contributed by atoms with van der Waals surface area (Å²) >= 11 is 0. The Hall–Kier alpha value is -2.62. The summed E-state index contributed by atoms with van der Waals surface area (Å²) < 4.78 is 0. The van der Waals surface area contributed by atoms with Crippen LogP contribution in [-0.2, 0) is 4.79 Å². The van der Waals surface area contributed by atoms with E-state index in [1.807, 2.05) is 43.3 Å². The molecule has 0 radical (unpaired) electrons. The van der Waals surface area contributed by atoms with Gasteiger partial charge in [0.05, 0.1) is 0 Å². The molecule has 1 fully saturated rings. The number of hydrogen-bond donors (Lipinski definition) is 1. The fourth-order valence-corrected chi connectivity index (χ4v) is 3.11. The van der Waals surface area contributed by atoms with Crippen LogP contribution in [0.5, 0.6) is 0 Å². The summed E-state index contributed by atoms with van der Waals surface area (Å²) in [7, 11) is 0. The first-order valence-corrected chi connectivity index (χ1v) is 8.91. The van der Waals surface area contributed by atoms with Crippen LogP contribution in [0.1, 0.15) is 41.6 Å². The van der Waals surface area contributed by atoms with Crippen LogP contribution in [0.25, 0.3) is 0 Å². The highest BCUT2D eigenvalue weighted by Gasteiger charge is 2.16. The zero-order valence-electron chi connectivity index (χ0n) is 14.6. The molecule has 0 saturated carbocycles. The maximum absolute atomic E-state index is 12.2. The molecule has 0 unspecified atom stereocenters. The number of aryl methyl sites for hydroxylation is 1. The first kappa shape index (κ1) is 17.2. The van der Waals surface area contributed by atoms with E-state index in [1.165, 1.54) is 31.4 Å². The predicted molar refractivity (Wildman–Crippen MR) is 101 cm³/mol. The number of ketones is 1. The van der Waals surface area contributed by atoms with Crippen LogP contribution >= 0.6 is 0 Å². The Kier molecular flexibility index (Phi) is 5.49. The van der Waals surface area contributed by atoms with E-state index in [9.17, 15) is 9.59 Å². The normalized spacial score (nSPS) is 14.7. The van der Waals surface area contributed by atoms with Gasteiger partial charge in [0.2, 0.25) is 0 Å². The first-order chi connectivity index (χ1) is 12.1. The van der Waals surface area contributed by atoms with E-state index >= 15 is 0 Å². The number of hydrogen-bond acceptors (Lipinski definition) is 3. The smallest absolute Gasteiger partial charge is 0.296 e. The van der Waals surface area contributed by atoms with Gasteiger partial charge in [0.15, 0.2) is 0 Å². The van der Waals surface area contributed by atoms with Crippen LogP contribution in [0.15, 0.2) is 48.5 Å². The number of nitrogens with zero attached hydrogens (tertiary/aromatic N) is 1. The molecular formula is C21H24N2O2. The summed E-state index contributed by atoms with van der Waals surface area (Å²) in [6.07, 6.45) is 5.05. The van der Waals surface area contributed by atoms with Crippen LogP contribution in [-0.4, -0.2) is 24.8 Å². The Morgan fingerprint density at radius 3 is 2.04 bits per heavy atom. The number of benzene rings is 2. The van der Waals surface area contributed by atoms with Crippen molar-refractivity contribution in [3.05, 3.63) is 59.7 Å². The Balaban J connectivity index is 1.63. The highest BCUT2D eigenvalue weighted by atomic mass is 16.2. The van der Waals surface area contributed by atoms with Crippen molar-refractivity contribution in [2.24, 2.45) is 0 Å². The van der Waals surface area contributed by atoms with Gasteiger partial charge in [-0.1, -0.05) is 42.7 Å². The summed E-state index contributed by atoms with van der Waals surface area (Å²) in [5, 5.41) is 2.69. The van der Waals surface area contributed by atoms with Crippen molar-refractivity contribution in [2.75, 3.05) is 23.3 Å². The molecule has 0 aliphatic carbocycles. The van der Waals surface area contributed by atoms with E-state index in [2.05, 4.69) is 10.2 Å². The van der Waals surface area contributed by atoms with Gasteiger partial charge in [-0.15, -0.1) is 0 Å². The third-order valence-electron chi connectivity index (χ3n) is 4.62. The number of carbonyl (C=O) groups is 2. The molecule has 0 atom stereocenters. The van der Waals surface area contributed by atoms with E-state index in [-0.39, 0.29) is 0 Å². The Labute approximate surface area is 148 Å². The fraction of sp³-hybridized carbons (Fsp3) is 0.333. The summed E-state index contributed by atoms with van der Waals surface area (Å²) in [6, 6.07) is 14.8. The number of Topliss-reactive ketones (excluding diaryl/α,β-unsaturated/α-hetero) is 1. The molecule has 2 aromatic carbocycles. The minimum absolute atomic E-state index is 0.407. The SMILES string of the molecule is Cc1ccc(C(=O)C(=O)Nc2ccc(N3CCCCCC3)cc2)cc1. The molecule has 1 N–H and O–H groups in total. The van der Waals surface area contributed by atoms with Crippen molar-refractivity contribution >= 4 is 23.1 Å². The predicted octanol–water partition coefficient (Wildman–Crippen LogP) is 4.20. The average molecular weight is 336 g/mol. The summed E-state index contributed by atoms with van der Waals surface area (Å²) in [6.45, 7) is 4.11. The highest BCUT2D eigenvalue weighted by molar-refractivity contribution is 6.46. The summed E-state index contributed by atoms with van der Waals surface area (Å²) in [5.74, 6) is -1.12. The van der Waals surface area contributed by atoms with Gasteiger partial charge in [0.1, 0.15) is 0 Å². The van der Waals surface area contributed by atoms with Crippen molar-refractivity contribution in [3.8, 4) is 0 Å². The summed E-state index contributed by atoms with van der Waals surface area (Å²) in [4.78, 5) is 26.7. The van der Waals surface area contributed by atoms with Gasteiger partial charge in [-0.3, -0.25) is 9.59 Å². The van der Waals surface area contributed by atoms with Gasteiger partial charge < -0.3 is 10.2 Å². The standard InChI is InChI=1S/C21H24N2O2/c1-16-6-8-17(9-7-16)20(24)21(25)22-18-10-12-19(13-11-18)23-14-4-2-3-5-15-23/h6-13H,2-5,14-15H2,1H3,(H,22,25). The van der Waals surface area contributed by atoms with Crippen molar-refractivity contribution < 1.29 is 9.59 Å². The first-order valence-electron chi connectivity index (χ1n) is 8.91. The van der Waals surface area contributed by atoms with Gasteiger partial charge >= 0.3 is 0 Å². The number of amides is 1. The third kappa shape index (κ3) is 4.47. The number of nitrogens with one attached hydrogen (secondary N) is 1. The molecule has 25 heavy (non-hydrogen) atoms. The molecule has 0 spiro atoms. The van der Waals surface area contributed by atoms with E-state index < -0.39 is 11.7 Å². The zero-order chi connectivity index (χ0) is 17.6. The molecule has 3 rings (SSSR count). The van der Waals surface area contributed by atoms with Gasteiger partial charge in [-0.2, -0.15) is 0 Å². The third-order valence-corrected chi connectivity index (χ3v) is 4.62. The minimum Gasteiger partial charge on any atom is -0.372 e. The lowest BCUT2D eigenvalue weighted by atomic mass is 10.1. The lowest BCUT2D eigenvalue weighted by Crippen LogP contribution is -2.24. The van der Waals surface area contributed by atoms with E-state index in [0.717, 1.165) is 18.7 Å². The van der Waals surface area contributed by atoms with Crippen LogP contribution in [0.3, 0.4) is 0 Å². The number of rotatable bonds is 4. The van der Waals surface area contributed by atoms with E-state index in [1.54, 1.807) is 12.1 Å². The topological polar surface area (TPSA) is 49.4 Å². The molecule has 1 saturated heterocycles. The summed E-state index contributed by atoms with van der Waals surface area (Å²) in [5.41, 5.74) is 3.28. The van der Waals surface area contributed by atoms with Gasteiger partial charge in [0, 0.05) is 30.0 Å². The van der Waals surface area contributed by atoms with Gasteiger partial charge in [-0.05, 0) is 44.0 Å². The molecule has 4 nitrogen and oxygen atoms in total. The number of anilines is 2. The molecule has 0 bridgehead atoms. The van der Waals surface area contributed by atoms with Crippen molar-refractivity contribution in [1.29, 1.82) is 0 Å². The Bertz CT molecular complexity index is 727. The van der Waals surface area contributed by atoms with Gasteiger partial charge in [0.25, 0.3) is 11.7 Å². The van der Waals surface area contributed by atoms with Crippen LogP contribution < -0.4 is 10.2 Å². The molecule has 1 aliphatic rings. The van der Waals surface area contributed by atoms with Crippen LogP contribution in [0, 0.1) is 6.92 Å². The van der Waals surface area contributed by atoms with Crippen LogP contribution in [0.4, 0.5) is 11.4 Å². The fourth-order valence-electron chi connectivity index (χ4n) is 3.11. The van der Waals surface area contributed by atoms with Crippen molar-refractivity contribution in [3.63, 3.8) is 0 Å². The molecule has 130 valence electrons. The van der Waals surface area contributed by atoms with E-state index in [4.69, 9.17) is 0 Å². The average Bonchev–Trinajstić information content (AvgIpc) is 2.92. The molecule has 1 amide bonds. The molecule has 4 heteroatoms. The minimum atomic E-state index is -0.605. The molecule has 0 aromatic heterocycles. The lowest BCUT2D eigenvalue weighted by Gasteiger charge is -2.22. The Morgan fingerprint density at radius 1 is 0.840 bits per heavy atom. The maximum Gasteiger partial charge on any atom is 0.296 e. The Morgan fingerprint density at radius 2 is 1.44 bits per heavy atom. The monoisotopic (exact) mass is 336 g/mol. The molecule has 1 aliphatic heterocycles. The van der Waals surface area contributed by atoms with Crippen molar-refractivity contribution in [2.45, 2.75) is 32.6 Å². The second-order valence-electron chi connectivity index (χ2n) is 6.60. The zero-order valence-corrected chi connectivity index (χ0v) is 14.6. The van der Waals surface area contributed by atoms with Crippen LogP contribution in [0.2, 0.25) is 0 Å². The molecule has 1 heterocycles. The second-order valence-corrected chi connectivity index (χ2v) is 6.60. The highest BCUT2D eigenvalue weighted by Crippen LogP contribution is 2.21. The van der Waals surface area contributed by atoms with E-state index in [0.29, 0.717) is 11.3 Å². The largest absolute Gasteiger partial charge is 0.372 e. The van der Waals surface area contributed by atoms with Gasteiger partial charge in [-0.25, -0.2) is 0 Å².